The summed E-state index contributed by atoms with van der Waals surface area (Å²) in [4.78, 5) is 27.8. The number of amides is 2. The molecule has 2 N–H and O–H groups in total. The molecular formula is C23H29N3O4. The van der Waals surface area contributed by atoms with Gasteiger partial charge >= 0.3 is 6.09 Å². The molecule has 3 rings (SSSR count). The Bertz CT molecular complexity index is 818. The van der Waals surface area contributed by atoms with E-state index >= 15 is 0 Å². The monoisotopic (exact) mass is 411 g/mol. The molecule has 1 unspecified atom stereocenters. The zero-order valence-corrected chi connectivity index (χ0v) is 17.3. The van der Waals surface area contributed by atoms with Crippen LogP contribution in [0.25, 0.3) is 0 Å². The number of rotatable bonds is 7. The first-order chi connectivity index (χ1) is 14.6. The van der Waals surface area contributed by atoms with Crippen molar-refractivity contribution < 1.29 is 19.1 Å². The lowest BCUT2D eigenvalue weighted by Crippen LogP contribution is -2.54. The van der Waals surface area contributed by atoms with Crippen molar-refractivity contribution in [3.63, 3.8) is 0 Å². The standard InChI is InChI=1S/C23H29N3O4/c1-2-29-23(28)26-14-12-25(13-15-26)22(27)21(24)16-18-8-10-20(11-9-18)30-17-19-6-4-3-5-7-19/h3-11,21H,2,12-17,24H2,1H3. The SMILES string of the molecule is CCOC(=O)N1CCN(C(=O)C(N)Cc2ccc(OCc3ccccc3)cc2)CC1. The molecule has 1 atom stereocenters. The Balaban J connectivity index is 1.45. The molecule has 2 aromatic carbocycles. The van der Waals surface area contributed by atoms with Crippen molar-refractivity contribution in [2.75, 3.05) is 32.8 Å². The molecule has 1 heterocycles. The van der Waals surface area contributed by atoms with Crippen LogP contribution < -0.4 is 10.5 Å². The summed E-state index contributed by atoms with van der Waals surface area (Å²) < 4.78 is 10.8. The lowest BCUT2D eigenvalue weighted by atomic mass is 10.0. The minimum absolute atomic E-state index is 0.0945. The Morgan fingerprint density at radius 2 is 1.57 bits per heavy atom. The van der Waals surface area contributed by atoms with Crippen molar-refractivity contribution in [2.24, 2.45) is 5.73 Å². The Morgan fingerprint density at radius 3 is 2.20 bits per heavy atom. The molecule has 0 spiro atoms. The maximum atomic E-state index is 12.7. The zero-order valence-electron chi connectivity index (χ0n) is 17.3. The smallest absolute Gasteiger partial charge is 0.409 e. The van der Waals surface area contributed by atoms with Gasteiger partial charge in [0.15, 0.2) is 0 Å². The number of carbonyl (C=O) groups is 2. The van der Waals surface area contributed by atoms with E-state index in [4.69, 9.17) is 15.2 Å². The fraction of sp³-hybridized carbons (Fsp3) is 0.391. The average Bonchev–Trinajstić information content (AvgIpc) is 2.79. The summed E-state index contributed by atoms with van der Waals surface area (Å²) >= 11 is 0. The van der Waals surface area contributed by atoms with Crippen molar-refractivity contribution >= 4 is 12.0 Å². The summed E-state index contributed by atoms with van der Waals surface area (Å²) in [7, 11) is 0. The Labute approximate surface area is 177 Å². The van der Waals surface area contributed by atoms with Crippen LogP contribution in [0.15, 0.2) is 54.6 Å². The minimum atomic E-state index is -0.616. The summed E-state index contributed by atoms with van der Waals surface area (Å²) in [5.74, 6) is 0.681. The predicted octanol–water partition coefficient (Wildman–Crippen LogP) is 2.44. The predicted molar refractivity (Wildman–Crippen MR) is 114 cm³/mol. The third-order valence-corrected chi connectivity index (χ3v) is 5.06. The van der Waals surface area contributed by atoms with E-state index in [1.165, 1.54) is 0 Å². The number of nitrogens with zero attached hydrogens (tertiary/aromatic N) is 2. The van der Waals surface area contributed by atoms with E-state index in [2.05, 4.69) is 0 Å². The van der Waals surface area contributed by atoms with Crippen LogP contribution in [0.1, 0.15) is 18.1 Å². The Hall–Kier alpha value is -3.06. The molecule has 0 saturated carbocycles. The summed E-state index contributed by atoms with van der Waals surface area (Å²) in [6.45, 7) is 4.50. The third-order valence-electron chi connectivity index (χ3n) is 5.06. The van der Waals surface area contributed by atoms with Gasteiger partial charge in [0.25, 0.3) is 0 Å². The van der Waals surface area contributed by atoms with Gasteiger partial charge in [-0.2, -0.15) is 0 Å². The van der Waals surface area contributed by atoms with Crippen LogP contribution in [0, 0.1) is 0 Å². The Morgan fingerprint density at radius 1 is 0.933 bits per heavy atom. The summed E-state index contributed by atoms with van der Waals surface area (Å²) in [5.41, 5.74) is 8.26. The van der Waals surface area contributed by atoms with Gasteiger partial charge in [-0.1, -0.05) is 42.5 Å². The molecule has 30 heavy (non-hydrogen) atoms. The van der Waals surface area contributed by atoms with Gasteiger partial charge in [-0.05, 0) is 36.6 Å². The number of ether oxygens (including phenoxy) is 2. The quantitative estimate of drug-likeness (QED) is 0.756. The molecule has 0 aliphatic carbocycles. The highest BCUT2D eigenvalue weighted by atomic mass is 16.6. The molecular weight excluding hydrogens is 382 g/mol. The minimum Gasteiger partial charge on any atom is -0.489 e. The topological polar surface area (TPSA) is 85.1 Å². The van der Waals surface area contributed by atoms with Crippen LogP contribution in [-0.2, 0) is 22.6 Å². The molecule has 2 aromatic rings. The third kappa shape index (κ3) is 5.97. The van der Waals surface area contributed by atoms with E-state index in [1.54, 1.807) is 16.7 Å². The molecule has 0 bridgehead atoms. The van der Waals surface area contributed by atoms with Crippen molar-refractivity contribution in [3.8, 4) is 5.75 Å². The van der Waals surface area contributed by atoms with Crippen molar-refractivity contribution in [1.82, 2.24) is 9.80 Å². The van der Waals surface area contributed by atoms with Crippen LogP contribution in [0.3, 0.4) is 0 Å². The number of benzene rings is 2. The molecule has 1 aliphatic heterocycles. The normalized spacial score (nSPS) is 14.9. The van der Waals surface area contributed by atoms with Gasteiger partial charge < -0.3 is 25.0 Å². The van der Waals surface area contributed by atoms with Crippen molar-refractivity contribution in [3.05, 3.63) is 65.7 Å². The lowest BCUT2D eigenvalue weighted by Gasteiger charge is -2.35. The lowest BCUT2D eigenvalue weighted by molar-refractivity contribution is -0.134. The summed E-state index contributed by atoms with van der Waals surface area (Å²) in [5, 5.41) is 0. The number of hydrogen-bond acceptors (Lipinski definition) is 5. The van der Waals surface area contributed by atoms with Crippen LogP contribution in [-0.4, -0.2) is 60.6 Å². The second-order valence-electron chi connectivity index (χ2n) is 7.24. The molecule has 7 heteroatoms. The molecule has 1 fully saturated rings. The molecule has 1 saturated heterocycles. The van der Waals surface area contributed by atoms with Gasteiger partial charge in [0.1, 0.15) is 12.4 Å². The number of hydrogen-bond donors (Lipinski definition) is 1. The van der Waals surface area contributed by atoms with Crippen LogP contribution in [0.4, 0.5) is 4.79 Å². The van der Waals surface area contributed by atoms with E-state index in [0.717, 1.165) is 16.9 Å². The second kappa shape index (κ2) is 10.6. The zero-order chi connectivity index (χ0) is 21.3. The summed E-state index contributed by atoms with van der Waals surface area (Å²) in [6.07, 6.45) is 0.124. The first-order valence-corrected chi connectivity index (χ1v) is 10.3. The van der Waals surface area contributed by atoms with E-state index in [9.17, 15) is 9.59 Å². The van der Waals surface area contributed by atoms with Crippen molar-refractivity contribution in [1.29, 1.82) is 0 Å². The average molecular weight is 412 g/mol. The van der Waals surface area contributed by atoms with Crippen LogP contribution in [0.5, 0.6) is 5.75 Å². The molecule has 0 radical (unpaired) electrons. The fourth-order valence-electron chi connectivity index (χ4n) is 3.36. The van der Waals surface area contributed by atoms with Crippen LogP contribution >= 0.6 is 0 Å². The second-order valence-corrected chi connectivity index (χ2v) is 7.24. The maximum absolute atomic E-state index is 12.7. The largest absolute Gasteiger partial charge is 0.489 e. The molecule has 1 aliphatic rings. The molecule has 2 amide bonds. The highest BCUT2D eigenvalue weighted by molar-refractivity contribution is 5.82. The van der Waals surface area contributed by atoms with E-state index in [-0.39, 0.29) is 12.0 Å². The highest BCUT2D eigenvalue weighted by Gasteiger charge is 2.27. The number of carbonyl (C=O) groups excluding carboxylic acids is 2. The number of piperazine rings is 1. The van der Waals surface area contributed by atoms with Crippen molar-refractivity contribution in [2.45, 2.75) is 26.0 Å². The highest BCUT2D eigenvalue weighted by Crippen LogP contribution is 2.16. The molecule has 7 nitrogen and oxygen atoms in total. The maximum Gasteiger partial charge on any atom is 0.409 e. The van der Waals surface area contributed by atoms with Gasteiger partial charge in [-0.15, -0.1) is 0 Å². The van der Waals surface area contributed by atoms with E-state index < -0.39 is 6.04 Å². The van der Waals surface area contributed by atoms with Gasteiger partial charge in [0.2, 0.25) is 5.91 Å². The Kier molecular flexibility index (Phi) is 7.68. The van der Waals surface area contributed by atoms with Gasteiger partial charge in [0.05, 0.1) is 12.6 Å². The van der Waals surface area contributed by atoms with E-state index in [0.29, 0.717) is 45.8 Å². The van der Waals surface area contributed by atoms with Gasteiger partial charge in [-0.25, -0.2) is 4.79 Å². The first-order valence-electron chi connectivity index (χ1n) is 10.3. The van der Waals surface area contributed by atoms with Gasteiger partial charge in [0, 0.05) is 26.2 Å². The molecule has 0 aromatic heterocycles. The van der Waals surface area contributed by atoms with Crippen LogP contribution in [0.2, 0.25) is 0 Å². The van der Waals surface area contributed by atoms with Gasteiger partial charge in [-0.3, -0.25) is 4.79 Å². The first kappa shape index (κ1) is 21.6. The molecule has 160 valence electrons. The number of nitrogens with two attached hydrogens (primary N) is 1. The fourth-order valence-corrected chi connectivity index (χ4v) is 3.36. The van der Waals surface area contributed by atoms with E-state index in [1.807, 2.05) is 54.6 Å². The summed E-state index contributed by atoms with van der Waals surface area (Å²) in [6, 6.07) is 17.0.